The van der Waals surface area contributed by atoms with Crippen LogP contribution in [0.5, 0.6) is 0 Å². The Balaban J connectivity index is 1.42. The molecule has 8 heteroatoms. The second-order valence-electron chi connectivity index (χ2n) is 8.23. The number of aromatic nitrogens is 4. The molecular weight excluding hydrogens is 421 g/mol. The van der Waals surface area contributed by atoms with Gasteiger partial charge in [-0.3, -0.25) is 4.79 Å². The molecule has 0 bridgehead atoms. The van der Waals surface area contributed by atoms with Crippen LogP contribution in [0.15, 0.2) is 52.9 Å². The Labute approximate surface area is 190 Å². The van der Waals surface area contributed by atoms with Gasteiger partial charge in [-0.15, -0.1) is 5.10 Å². The highest BCUT2D eigenvalue weighted by Crippen LogP contribution is 2.24. The highest BCUT2D eigenvalue weighted by atomic mass is 19.1. The van der Waals surface area contributed by atoms with Crippen molar-refractivity contribution in [2.75, 3.05) is 13.1 Å². The van der Waals surface area contributed by atoms with Crippen LogP contribution in [-0.2, 0) is 24.2 Å². The standard InChI is InChI=1S/C25H24FN5O2/c1-16-14-19(8-9-20(16)26)24-28-25(18-6-4-3-5-7-18)31(29-24)15-23(32)30-12-10-21-22(11-13-30)33-17(2)27-21/h3-9,14H,10-13,15H2,1-2H3. The topological polar surface area (TPSA) is 77.0 Å². The third kappa shape index (κ3) is 4.28. The molecule has 5 rings (SSSR count). The Morgan fingerprint density at radius 1 is 1.03 bits per heavy atom. The molecule has 0 saturated heterocycles. The summed E-state index contributed by atoms with van der Waals surface area (Å²) in [5, 5.41) is 4.63. The fourth-order valence-corrected chi connectivity index (χ4v) is 4.13. The van der Waals surface area contributed by atoms with Gasteiger partial charge < -0.3 is 9.32 Å². The average molecular weight is 445 g/mol. The summed E-state index contributed by atoms with van der Waals surface area (Å²) < 4.78 is 21.1. The maximum Gasteiger partial charge on any atom is 0.244 e. The summed E-state index contributed by atoms with van der Waals surface area (Å²) in [6.45, 7) is 4.76. The second kappa shape index (κ2) is 8.61. The van der Waals surface area contributed by atoms with Gasteiger partial charge >= 0.3 is 0 Å². The number of oxazole rings is 1. The molecule has 3 heterocycles. The molecule has 0 N–H and O–H groups in total. The Kier molecular flexibility index (Phi) is 5.50. The minimum absolute atomic E-state index is 0.0409. The predicted octanol–water partition coefficient (Wildman–Crippen LogP) is 3.98. The molecule has 0 unspecified atom stereocenters. The molecule has 0 aliphatic carbocycles. The van der Waals surface area contributed by atoms with Crippen LogP contribution in [0, 0.1) is 19.7 Å². The van der Waals surface area contributed by atoms with Gasteiger partial charge in [0, 0.05) is 44.0 Å². The zero-order valence-corrected chi connectivity index (χ0v) is 18.6. The van der Waals surface area contributed by atoms with E-state index in [0.717, 1.165) is 17.0 Å². The summed E-state index contributed by atoms with van der Waals surface area (Å²) in [4.78, 5) is 24.2. The lowest BCUT2D eigenvalue weighted by molar-refractivity contribution is -0.131. The van der Waals surface area contributed by atoms with E-state index in [1.165, 1.54) is 6.07 Å². The molecule has 1 aliphatic rings. The van der Waals surface area contributed by atoms with Crippen LogP contribution in [0.4, 0.5) is 4.39 Å². The molecule has 1 amide bonds. The van der Waals surface area contributed by atoms with Crippen molar-refractivity contribution in [1.82, 2.24) is 24.6 Å². The molecule has 4 aromatic rings. The number of carbonyl (C=O) groups is 1. The van der Waals surface area contributed by atoms with Crippen LogP contribution in [-0.4, -0.2) is 43.6 Å². The summed E-state index contributed by atoms with van der Waals surface area (Å²) in [5.74, 6) is 2.27. The summed E-state index contributed by atoms with van der Waals surface area (Å²) >= 11 is 0. The molecule has 2 aromatic heterocycles. The van der Waals surface area contributed by atoms with E-state index in [0.29, 0.717) is 54.6 Å². The first-order valence-electron chi connectivity index (χ1n) is 11.0. The molecule has 0 atom stereocenters. The van der Waals surface area contributed by atoms with Crippen molar-refractivity contribution in [2.24, 2.45) is 0 Å². The maximum absolute atomic E-state index is 13.8. The Morgan fingerprint density at radius 2 is 1.82 bits per heavy atom. The lowest BCUT2D eigenvalue weighted by Gasteiger charge is -2.20. The number of amides is 1. The monoisotopic (exact) mass is 445 g/mol. The van der Waals surface area contributed by atoms with E-state index in [4.69, 9.17) is 9.40 Å². The zero-order valence-electron chi connectivity index (χ0n) is 18.6. The number of hydrogen-bond acceptors (Lipinski definition) is 5. The molecule has 0 fully saturated rings. The third-order valence-electron chi connectivity index (χ3n) is 5.87. The maximum atomic E-state index is 13.8. The number of carbonyl (C=O) groups excluding carboxylic acids is 1. The van der Waals surface area contributed by atoms with Gasteiger partial charge in [-0.2, -0.15) is 0 Å². The second-order valence-corrected chi connectivity index (χ2v) is 8.23. The first-order valence-corrected chi connectivity index (χ1v) is 11.0. The minimum atomic E-state index is -0.276. The van der Waals surface area contributed by atoms with Gasteiger partial charge in [-0.05, 0) is 30.7 Å². The number of nitrogens with zero attached hydrogens (tertiary/aromatic N) is 5. The Bertz CT molecular complexity index is 1290. The van der Waals surface area contributed by atoms with Gasteiger partial charge in [0.2, 0.25) is 5.91 Å². The van der Waals surface area contributed by atoms with Crippen molar-refractivity contribution < 1.29 is 13.6 Å². The van der Waals surface area contributed by atoms with E-state index < -0.39 is 0 Å². The molecule has 7 nitrogen and oxygen atoms in total. The lowest BCUT2D eigenvalue weighted by atomic mass is 10.1. The zero-order chi connectivity index (χ0) is 22.9. The van der Waals surface area contributed by atoms with Crippen molar-refractivity contribution in [1.29, 1.82) is 0 Å². The number of rotatable bonds is 4. The molecule has 168 valence electrons. The molecule has 2 aromatic carbocycles. The van der Waals surface area contributed by atoms with Crippen LogP contribution in [0.2, 0.25) is 0 Å². The van der Waals surface area contributed by atoms with Crippen molar-refractivity contribution in [3.8, 4) is 22.8 Å². The predicted molar refractivity (Wildman–Crippen MR) is 121 cm³/mol. The molecule has 0 radical (unpaired) electrons. The number of halogens is 1. The fraction of sp³-hybridized carbons (Fsp3) is 0.280. The molecule has 0 spiro atoms. The van der Waals surface area contributed by atoms with Crippen LogP contribution < -0.4 is 0 Å². The quantitative estimate of drug-likeness (QED) is 0.475. The number of aryl methyl sites for hydroxylation is 2. The van der Waals surface area contributed by atoms with E-state index in [2.05, 4.69) is 10.1 Å². The van der Waals surface area contributed by atoms with Crippen molar-refractivity contribution in [3.05, 3.63) is 77.3 Å². The molecular formula is C25H24FN5O2. The number of benzene rings is 2. The first kappa shape index (κ1) is 21.1. The summed E-state index contributed by atoms with van der Waals surface area (Å²) in [6.07, 6.45) is 1.31. The lowest BCUT2D eigenvalue weighted by Crippen LogP contribution is -2.36. The largest absolute Gasteiger partial charge is 0.446 e. The van der Waals surface area contributed by atoms with Gasteiger partial charge in [0.1, 0.15) is 18.1 Å². The summed E-state index contributed by atoms with van der Waals surface area (Å²) in [5.41, 5.74) is 3.02. The Hall–Kier alpha value is -3.81. The van der Waals surface area contributed by atoms with Gasteiger partial charge in [0.25, 0.3) is 0 Å². The summed E-state index contributed by atoms with van der Waals surface area (Å²) in [6, 6.07) is 14.4. The number of fused-ring (bicyclic) bond motifs is 1. The highest BCUT2D eigenvalue weighted by molar-refractivity contribution is 5.77. The van der Waals surface area contributed by atoms with Crippen LogP contribution in [0.1, 0.15) is 22.9 Å². The van der Waals surface area contributed by atoms with Crippen molar-refractivity contribution >= 4 is 5.91 Å². The molecule has 1 aliphatic heterocycles. The minimum Gasteiger partial charge on any atom is -0.446 e. The van der Waals surface area contributed by atoms with E-state index in [9.17, 15) is 9.18 Å². The first-order chi connectivity index (χ1) is 16.0. The SMILES string of the molecule is Cc1nc2c(o1)CCN(C(=O)Cn1nc(-c3ccc(F)c(C)c3)nc1-c1ccccc1)CC2. The van der Waals surface area contributed by atoms with Crippen molar-refractivity contribution in [2.45, 2.75) is 33.2 Å². The van der Waals surface area contributed by atoms with E-state index in [-0.39, 0.29) is 18.3 Å². The van der Waals surface area contributed by atoms with E-state index in [1.807, 2.05) is 42.2 Å². The van der Waals surface area contributed by atoms with Gasteiger partial charge in [0.15, 0.2) is 17.5 Å². The van der Waals surface area contributed by atoms with Crippen LogP contribution in [0.25, 0.3) is 22.8 Å². The normalized spacial score (nSPS) is 13.6. The van der Waals surface area contributed by atoms with Crippen molar-refractivity contribution in [3.63, 3.8) is 0 Å². The average Bonchev–Trinajstić information content (AvgIpc) is 3.33. The van der Waals surface area contributed by atoms with E-state index >= 15 is 0 Å². The molecule has 0 saturated carbocycles. The highest BCUT2D eigenvalue weighted by Gasteiger charge is 2.24. The third-order valence-corrected chi connectivity index (χ3v) is 5.87. The molecule has 33 heavy (non-hydrogen) atoms. The van der Waals surface area contributed by atoms with Crippen LogP contribution in [0.3, 0.4) is 0 Å². The van der Waals surface area contributed by atoms with Crippen LogP contribution >= 0.6 is 0 Å². The van der Waals surface area contributed by atoms with Gasteiger partial charge in [0.05, 0.1) is 5.69 Å². The fourth-order valence-electron chi connectivity index (χ4n) is 4.13. The van der Waals surface area contributed by atoms with Gasteiger partial charge in [-0.1, -0.05) is 30.3 Å². The number of hydrogen-bond donors (Lipinski definition) is 0. The smallest absolute Gasteiger partial charge is 0.244 e. The van der Waals surface area contributed by atoms with Gasteiger partial charge in [-0.25, -0.2) is 19.0 Å². The summed E-state index contributed by atoms with van der Waals surface area (Å²) in [7, 11) is 0. The van der Waals surface area contributed by atoms with E-state index in [1.54, 1.807) is 23.7 Å². The Morgan fingerprint density at radius 3 is 2.61 bits per heavy atom.